The van der Waals surface area contributed by atoms with Gasteiger partial charge in [-0.1, -0.05) is 33.6 Å². The van der Waals surface area contributed by atoms with Crippen LogP contribution in [0.5, 0.6) is 0 Å². The van der Waals surface area contributed by atoms with Crippen LogP contribution in [0.1, 0.15) is 40.0 Å². The van der Waals surface area contributed by atoms with Crippen molar-refractivity contribution in [3.63, 3.8) is 0 Å². The Hall–Kier alpha value is -0.0800. The summed E-state index contributed by atoms with van der Waals surface area (Å²) in [6.45, 7) is 10.3. The van der Waals surface area contributed by atoms with E-state index in [0.717, 1.165) is 19.1 Å². The zero-order chi connectivity index (χ0) is 11.0. The van der Waals surface area contributed by atoms with E-state index in [4.69, 9.17) is 0 Å². The fourth-order valence-corrected chi connectivity index (χ4v) is 1.64. The van der Waals surface area contributed by atoms with Gasteiger partial charge in [0, 0.05) is 12.6 Å². The van der Waals surface area contributed by atoms with Crippen LogP contribution in [0.25, 0.3) is 0 Å². The van der Waals surface area contributed by atoms with Crippen LogP contribution in [0, 0.1) is 0 Å². The average Bonchev–Trinajstić information content (AvgIpc) is 2.22. The molecular weight excluding hydrogens is 172 g/mol. The Morgan fingerprint density at radius 1 is 1.00 bits per heavy atom. The van der Waals surface area contributed by atoms with E-state index in [0.29, 0.717) is 0 Å². The van der Waals surface area contributed by atoms with Crippen LogP contribution in [0.2, 0.25) is 0 Å². The molecule has 0 aromatic rings. The summed E-state index contributed by atoms with van der Waals surface area (Å²) in [4.78, 5) is 4.88. The van der Waals surface area contributed by atoms with Crippen molar-refractivity contribution >= 4 is 0 Å². The summed E-state index contributed by atoms with van der Waals surface area (Å²) in [5.74, 6) is 0. The van der Waals surface area contributed by atoms with Gasteiger partial charge in [0.25, 0.3) is 0 Å². The third-order valence-corrected chi connectivity index (χ3v) is 3.08. The van der Waals surface area contributed by atoms with E-state index in [1.807, 2.05) is 0 Å². The van der Waals surface area contributed by atoms with E-state index in [-0.39, 0.29) is 0 Å². The molecule has 0 aromatic heterocycles. The zero-order valence-corrected chi connectivity index (χ0v) is 10.7. The van der Waals surface area contributed by atoms with Gasteiger partial charge in [-0.3, -0.25) is 0 Å². The van der Waals surface area contributed by atoms with E-state index in [1.165, 1.54) is 25.8 Å². The van der Waals surface area contributed by atoms with Crippen molar-refractivity contribution in [2.24, 2.45) is 0 Å². The van der Waals surface area contributed by atoms with Crippen molar-refractivity contribution < 1.29 is 0 Å². The second-order valence-electron chi connectivity index (χ2n) is 4.22. The second kappa shape index (κ2) is 8.25. The molecule has 0 bridgehead atoms. The summed E-state index contributed by atoms with van der Waals surface area (Å²) in [7, 11) is 4.45. The lowest BCUT2D eigenvalue weighted by atomic mass is 10.1. The summed E-state index contributed by atoms with van der Waals surface area (Å²) < 4.78 is 0. The molecule has 0 aliphatic heterocycles. The quantitative estimate of drug-likeness (QED) is 0.594. The minimum atomic E-state index is 0.741. The molecule has 0 saturated carbocycles. The minimum absolute atomic E-state index is 0.741. The van der Waals surface area contributed by atoms with Crippen molar-refractivity contribution in [3.8, 4) is 0 Å². The first-order valence-electron chi connectivity index (χ1n) is 6.04. The van der Waals surface area contributed by atoms with Crippen molar-refractivity contribution in [1.29, 1.82) is 0 Å². The predicted molar refractivity (Wildman–Crippen MR) is 64.8 cm³/mol. The lowest BCUT2D eigenvalue weighted by molar-refractivity contribution is 0.179. The lowest BCUT2D eigenvalue weighted by Crippen LogP contribution is -2.40. The number of unbranched alkanes of at least 4 members (excludes halogenated alkanes) is 1. The first-order valence-corrected chi connectivity index (χ1v) is 6.04. The van der Waals surface area contributed by atoms with Crippen molar-refractivity contribution in [2.75, 3.05) is 33.7 Å². The molecule has 0 N–H and O–H groups in total. The van der Waals surface area contributed by atoms with Crippen LogP contribution in [-0.4, -0.2) is 49.6 Å². The highest BCUT2D eigenvalue weighted by atomic mass is 15.2. The third kappa shape index (κ3) is 5.61. The van der Waals surface area contributed by atoms with E-state index in [9.17, 15) is 0 Å². The summed E-state index contributed by atoms with van der Waals surface area (Å²) in [6, 6.07) is 0.741. The Morgan fingerprint density at radius 2 is 1.64 bits per heavy atom. The number of likely N-dealkylation sites (N-methyl/N-ethyl adjacent to an activating group) is 2. The molecule has 0 fully saturated rings. The summed E-state index contributed by atoms with van der Waals surface area (Å²) in [5, 5.41) is 0. The number of rotatable bonds is 8. The second-order valence-corrected chi connectivity index (χ2v) is 4.22. The molecule has 2 heteroatoms. The number of hydrogen-bond donors (Lipinski definition) is 0. The highest BCUT2D eigenvalue weighted by molar-refractivity contribution is 4.71. The van der Waals surface area contributed by atoms with Gasteiger partial charge in [0.15, 0.2) is 0 Å². The zero-order valence-electron chi connectivity index (χ0n) is 10.7. The molecule has 2 nitrogen and oxygen atoms in total. The lowest BCUT2D eigenvalue weighted by Gasteiger charge is -2.30. The van der Waals surface area contributed by atoms with Gasteiger partial charge in [-0.05, 0) is 33.6 Å². The fourth-order valence-electron chi connectivity index (χ4n) is 1.64. The summed E-state index contributed by atoms with van der Waals surface area (Å²) in [6.07, 6.45) is 4.00. The van der Waals surface area contributed by atoms with Gasteiger partial charge >= 0.3 is 0 Å². The predicted octanol–water partition coefficient (Wildman–Crippen LogP) is 2.45. The summed E-state index contributed by atoms with van der Waals surface area (Å²) in [5.41, 5.74) is 0. The standard InChI is InChI=1S/C12H28N2/c1-6-9-10-12(14(5)8-3)11-13(4)7-2/h12H,6-11H2,1-5H3/t12-/m0/s1. The maximum atomic E-state index is 2.47. The van der Waals surface area contributed by atoms with Crippen molar-refractivity contribution in [1.82, 2.24) is 9.80 Å². The number of hydrogen-bond acceptors (Lipinski definition) is 2. The molecule has 86 valence electrons. The molecule has 0 unspecified atom stereocenters. The Morgan fingerprint density at radius 3 is 2.07 bits per heavy atom. The molecular formula is C12H28N2. The normalized spacial score (nSPS) is 13.9. The fraction of sp³-hybridized carbons (Fsp3) is 1.00. The van der Waals surface area contributed by atoms with Crippen LogP contribution in [-0.2, 0) is 0 Å². The number of nitrogens with zero attached hydrogens (tertiary/aromatic N) is 2. The van der Waals surface area contributed by atoms with Crippen LogP contribution >= 0.6 is 0 Å². The SMILES string of the molecule is CCCC[C@@H](CN(C)CC)N(C)CC. The van der Waals surface area contributed by atoms with E-state index in [2.05, 4.69) is 44.7 Å². The minimum Gasteiger partial charge on any atom is -0.305 e. The monoisotopic (exact) mass is 200 g/mol. The molecule has 0 heterocycles. The maximum Gasteiger partial charge on any atom is 0.0219 e. The van der Waals surface area contributed by atoms with Crippen molar-refractivity contribution in [2.45, 2.75) is 46.1 Å². The first kappa shape index (κ1) is 13.9. The highest BCUT2D eigenvalue weighted by Gasteiger charge is 2.13. The van der Waals surface area contributed by atoms with Crippen LogP contribution in [0.15, 0.2) is 0 Å². The molecule has 0 amide bonds. The summed E-state index contributed by atoms with van der Waals surface area (Å²) >= 11 is 0. The Kier molecular flexibility index (Phi) is 8.20. The molecule has 0 spiro atoms. The first-order chi connectivity index (χ1) is 6.65. The molecule has 0 aliphatic carbocycles. The van der Waals surface area contributed by atoms with Crippen LogP contribution in [0.3, 0.4) is 0 Å². The van der Waals surface area contributed by atoms with Gasteiger partial charge in [0.05, 0.1) is 0 Å². The van der Waals surface area contributed by atoms with E-state index < -0.39 is 0 Å². The van der Waals surface area contributed by atoms with Gasteiger partial charge in [0.1, 0.15) is 0 Å². The van der Waals surface area contributed by atoms with Crippen molar-refractivity contribution in [3.05, 3.63) is 0 Å². The molecule has 14 heavy (non-hydrogen) atoms. The third-order valence-electron chi connectivity index (χ3n) is 3.08. The van der Waals surface area contributed by atoms with Crippen LogP contribution < -0.4 is 0 Å². The maximum absolute atomic E-state index is 2.47. The molecule has 0 aliphatic rings. The smallest absolute Gasteiger partial charge is 0.0219 e. The Labute approximate surface area is 90.3 Å². The molecule has 1 atom stereocenters. The van der Waals surface area contributed by atoms with Crippen LogP contribution in [0.4, 0.5) is 0 Å². The van der Waals surface area contributed by atoms with E-state index in [1.54, 1.807) is 0 Å². The molecule has 0 rings (SSSR count). The Balaban J connectivity index is 3.96. The molecule has 0 radical (unpaired) electrons. The Bertz CT molecular complexity index is 125. The largest absolute Gasteiger partial charge is 0.305 e. The van der Waals surface area contributed by atoms with Gasteiger partial charge in [-0.15, -0.1) is 0 Å². The molecule has 0 saturated heterocycles. The highest BCUT2D eigenvalue weighted by Crippen LogP contribution is 2.08. The van der Waals surface area contributed by atoms with Gasteiger partial charge in [0.2, 0.25) is 0 Å². The average molecular weight is 200 g/mol. The van der Waals surface area contributed by atoms with Gasteiger partial charge < -0.3 is 9.80 Å². The molecule has 0 aromatic carbocycles. The van der Waals surface area contributed by atoms with Gasteiger partial charge in [-0.2, -0.15) is 0 Å². The van der Waals surface area contributed by atoms with Gasteiger partial charge in [-0.25, -0.2) is 0 Å². The topological polar surface area (TPSA) is 6.48 Å². The van der Waals surface area contributed by atoms with E-state index >= 15 is 0 Å².